The molecule has 0 unspecified atom stereocenters. The fraction of sp³-hybridized carbons (Fsp3) is 0.200. The molecule has 0 spiro atoms. The zero-order valence-corrected chi connectivity index (χ0v) is 11.8. The molecule has 2 aromatic rings. The molecule has 18 heavy (non-hydrogen) atoms. The number of hydrogen-bond acceptors (Lipinski definition) is 6. The molecule has 0 fully saturated rings. The van der Waals surface area contributed by atoms with E-state index in [1.165, 1.54) is 17.7 Å². The van der Waals surface area contributed by atoms with Crippen LogP contribution in [0.1, 0.15) is 6.92 Å². The highest BCUT2D eigenvalue weighted by Gasteiger charge is 2.25. The Morgan fingerprint density at radius 3 is 2.83 bits per heavy atom. The predicted molar refractivity (Wildman–Crippen MR) is 73.9 cm³/mol. The molecule has 2 heterocycles. The van der Waals surface area contributed by atoms with Crippen LogP contribution in [0.5, 0.6) is 0 Å². The van der Waals surface area contributed by atoms with Crippen molar-refractivity contribution in [2.75, 3.05) is 11.9 Å². The molecule has 0 saturated heterocycles. The highest BCUT2D eigenvalue weighted by atomic mass is 79.9. The minimum absolute atomic E-state index is 0.0987. The number of rotatable bonds is 4. The standard InChI is InChI=1S/C10H9BrN4O2S/c1-2-12-10-9(15(16)17)8(13-5-14-10)6-3-18-4-7(6)11/h3-5H,2H2,1H3,(H,12,13,14). The molecular formula is C10H9BrN4O2S. The van der Waals surface area contributed by atoms with Gasteiger partial charge in [0.2, 0.25) is 5.82 Å². The Morgan fingerprint density at radius 1 is 1.50 bits per heavy atom. The number of anilines is 1. The lowest BCUT2D eigenvalue weighted by Gasteiger charge is -2.06. The fourth-order valence-corrected chi connectivity index (χ4v) is 2.96. The number of nitro groups is 1. The number of halogens is 1. The molecule has 94 valence electrons. The van der Waals surface area contributed by atoms with Crippen LogP contribution in [0.2, 0.25) is 0 Å². The van der Waals surface area contributed by atoms with Crippen LogP contribution in [-0.2, 0) is 0 Å². The normalized spacial score (nSPS) is 10.3. The molecule has 0 saturated carbocycles. The summed E-state index contributed by atoms with van der Waals surface area (Å²) in [5.41, 5.74) is 0.922. The van der Waals surface area contributed by atoms with Crippen LogP contribution in [0.25, 0.3) is 11.3 Å². The zero-order valence-electron chi connectivity index (χ0n) is 9.38. The number of aromatic nitrogens is 2. The first-order valence-electron chi connectivity index (χ1n) is 5.10. The van der Waals surface area contributed by atoms with Gasteiger partial charge in [-0.2, -0.15) is 11.3 Å². The van der Waals surface area contributed by atoms with Gasteiger partial charge in [0, 0.05) is 27.3 Å². The molecule has 0 atom stereocenters. The monoisotopic (exact) mass is 328 g/mol. The van der Waals surface area contributed by atoms with E-state index < -0.39 is 4.92 Å². The second-order valence-corrected chi connectivity index (χ2v) is 4.94. The summed E-state index contributed by atoms with van der Waals surface area (Å²) in [7, 11) is 0. The lowest BCUT2D eigenvalue weighted by atomic mass is 10.2. The molecule has 0 bridgehead atoms. The molecule has 8 heteroatoms. The number of nitrogens with zero attached hydrogens (tertiary/aromatic N) is 3. The molecule has 0 aliphatic carbocycles. The first-order chi connectivity index (χ1) is 8.65. The highest BCUT2D eigenvalue weighted by molar-refractivity contribution is 9.10. The Morgan fingerprint density at radius 2 is 2.28 bits per heavy atom. The van der Waals surface area contributed by atoms with Crippen LogP contribution in [0.4, 0.5) is 11.5 Å². The molecular weight excluding hydrogens is 320 g/mol. The summed E-state index contributed by atoms with van der Waals surface area (Å²) >= 11 is 4.81. The van der Waals surface area contributed by atoms with Crippen molar-refractivity contribution in [3.63, 3.8) is 0 Å². The van der Waals surface area contributed by atoms with Crippen LogP contribution < -0.4 is 5.32 Å². The lowest BCUT2D eigenvalue weighted by Crippen LogP contribution is -2.06. The van der Waals surface area contributed by atoms with E-state index in [1.54, 1.807) is 0 Å². The minimum Gasteiger partial charge on any atom is -0.365 e. The Labute approximate surface area is 115 Å². The van der Waals surface area contributed by atoms with Crippen LogP contribution >= 0.6 is 27.3 Å². The molecule has 0 aromatic carbocycles. The second kappa shape index (κ2) is 5.40. The summed E-state index contributed by atoms with van der Waals surface area (Å²) in [6.45, 7) is 2.41. The molecule has 0 aliphatic heterocycles. The van der Waals surface area contributed by atoms with Crippen molar-refractivity contribution < 1.29 is 4.92 Å². The maximum Gasteiger partial charge on any atom is 0.337 e. The van der Waals surface area contributed by atoms with E-state index in [9.17, 15) is 10.1 Å². The van der Waals surface area contributed by atoms with Gasteiger partial charge in [-0.3, -0.25) is 10.1 Å². The Balaban J connectivity index is 2.64. The summed E-state index contributed by atoms with van der Waals surface area (Å²) in [6.07, 6.45) is 1.32. The van der Waals surface area contributed by atoms with Crippen molar-refractivity contribution in [2.45, 2.75) is 6.92 Å². The van der Waals surface area contributed by atoms with Gasteiger partial charge in [-0.25, -0.2) is 9.97 Å². The van der Waals surface area contributed by atoms with Gasteiger partial charge >= 0.3 is 5.69 Å². The maximum atomic E-state index is 11.2. The van der Waals surface area contributed by atoms with Gasteiger partial charge < -0.3 is 5.32 Å². The van der Waals surface area contributed by atoms with Gasteiger partial charge in [-0.05, 0) is 22.9 Å². The summed E-state index contributed by atoms with van der Waals surface area (Å²) in [5, 5.41) is 17.7. The summed E-state index contributed by atoms with van der Waals surface area (Å²) in [6, 6.07) is 0. The topological polar surface area (TPSA) is 81.0 Å². The van der Waals surface area contributed by atoms with Crippen molar-refractivity contribution in [1.82, 2.24) is 9.97 Å². The Kier molecular flexibility index (Phi) is 3.87. The molecule has 2 aromatic heterocycles. The average Bonchev–Trinajstić information content (AvgIpc) is 2.75. The van der Waals surface area contributed by atoms with E-state index in [4.69, 9.17) is 0 Å². The molecule has 0 amide bonds. The minimum atomic E-state index is -0.461. The number of thiophene rings is 1. The van der Waals surface area contributed by atoms with Crippen molar-refractivity contribution in [1.29, 1.82) is 0 Å². The van der Waals surface area contributed by atoms with Gasteiger partial charge in [-0.15, -0.1) is 0 Å². The molecule has 1 N–H and O–H groups in total. The summed E-state index contributed by atoms with van der Waals surface area (Å²) in [4.78, 5) is 18.7. The fourth-order valence-electron chi connectivity index (χ4n) is 1.50. The van der Waals surface area contributed by atoms with Crippen molar-refractivity contribution >= 4 is 38.8 Å². The van der Waals surface area contributed by atoms with E-state index in [2.05, 4.69) is 31.2 Å². The van der Waals surface area contributed by atoms with Gasteiger partial charge in [0.25, 0.3) is 0 Å². The van der Waals surface area contributed by atoms with E-state index in [1.807, 2.05) is 17.7 Å². The van der Waals surface area contributed by atoms with Crippen LogP contribution in [0.15, 0.2) is 21.6 Å². The largest absolute Gasteiger partial charge is 0.365 e. The maximum absolute atomic E-state index is 11.2. The third-order valence-corrected chi connectivity index (χ3v) is 3.92. The summed E-state index contributed by atoms with van der Waals surface area (Å²) < 4.78 is 0.789. The van der Waals surface area contributed by atoms with Gasteiger partial charge in [0.1, 0.15) is 6.33 Å². The lowest BCUT2D eigenvalue weighted by molar-refractivity contribution is -0.383. The first-order valence-corrected chi connectivity index (χ1v) is 6.84. The highest BCUT2D eigenvalue weighted by Crippen LogP contribution is 2.38. The van der Waals surface area contributed by atoms with E-state index in [0.717, 1.165) is 4.47 Å². The van der Waals surface area contributed by atoms with Gasteiger partial charge in [0.05, 0.1) is 4.92 Å². The average molecular weight is 329 g/mol. The smallest absolute Gasteiger partial charge is 0.337 e. The zero-order chi connectivity index (χ0) is 13.1. The van der Waals surface area contributed by atoms with Gasteiger partial charge in [-0.1, -0.05) is 0 Å². The molecule has 6 nitrogen and oxygen atoms in total. The van der Waals surface area contributed by atoms with E-state index >= 15 is 0 Å². The number of nitrogens with one attached hydrogen (secondary N) is 1. The third-order valence-electron chi connectivity index (χ3n) is 2.22. The van der Waals surface area contributed by atoms with Crippen LogP contribution in [0, 0.1) is 10.1 Å². The predicted octanol–water partition coefficient (Wildman–Crippen LogP) is 3.31. The van der Waals surface area contributed by atoms with Crippen molar-refractivity contribution in [3.8, 4) is 11.3 Å². The van der Waals surface area contributed by atoms with E-state index in [0.29, 0.717) is 17.8 Å². The Bertz CT molecular complexity index is 587. The van der Waals surface area contributed by atoms with Crippen LogP contribution in [-0.4, -0.2) is 21.4 Å². The SMILES string of the molecule is CCNc1ncnc(-c2cscc2Br)c1[N+](=O)[O-]. The Hall–Kier alpha value is -1.54. The quantitative estimate of drug-likeness (QED) is 0.687. The van der Waals surface area contributed by atoms with Crippen molar-refractivity contribution in [3.05, 3.63) is 31.7 Å². The number of hydrogen-bond donors (Lipinski definition) is 1. The third kappa shape index (κ3) is 2.34. The summed E-state index contributed by atoms with van der Waals surface area (Å²) in [5.74, 6) is 0.241. The van der Waals surface area contributed by atoms with Crippen molar-refractivity contribution in [2.24, 2.45) is 0 Å². The van der Waals surface area contributed by atoms with E-state index in [-0.39, 0.29) is 11.5 Å². The van der Waals surface area contributed by atoms with Crippen LogP contribution in [0.3, 0.4) is 0 Å². The second-order valence-electron chi connectivity index (χ2n) is 3.34. The van der Waals surface area contributed by atoms with Gasteiger partial charge in [0.15, 0.2) is 5.69 Å². The first kappa shape index (κ1) is 12.9. The molecule has 0 radical (unpaired) electrons. The molecule has 0 aliphatic rings. The molecule has 2 rings (SSSR count).